The van der Waals surface area contributed by atoms with E-state index in [4.69, 9.17) is 0 Å². The lowest BCUT2D eigenvalue weighted by atomic mass is 10.2. The highest BCUT2D eigenvalue weighted by Crippen LogP contribution is 2.26. The maximum atomic E-state index is 13.4. The van der Waals surface area contributed by atoms with Crippen molar-refractivity contribution in [2.24, 2.45) is 0 Å². The van der Waals surface area contributed by atoms with E-state index in [0.29, 0.717) is 16.4 Å². The second-order valence-corrected chi connectivity index (χ2v) is 3.31. The van der Waals surface area contributed by atoms with Crippen LogP contribution in [-0.2, 0) is 0 Å². The first-order valence-corrected chi connectivity index (χ1v) is 4.48. The molecule has 0 aliphatic carbocycles. The van der Waals surface area contributed by atoms with Gasteiger partial charge in [-0.3, -0.25) is 4.98 Å². The third kappa shape index (κ3) is 1.05. The standard InChI is InChI=1S/C11H6F2N2/c12-7-4-3-6-10-8(2-1-5-14-10)15-11(6)9(7)13/h1-5,15H. The van der Waals surface area contributed by atoms with Crippen molar-refractivity contribution in [1.82, 2.24) is 9.97 Å². The summed E-state index contributed by atoms with van der Waals surface area (Å²) in [4.78, 5) is 6.93. The maximum absolute atomic E-state index is 13.4. The van der Waals surface area contributed by atoms with Crippen LogP contribution in [0.5, 0.6) is 0 Å². The number of hydrogen-bond donors (Lipinski definition) is 1. The first-order chi connectivity index (χ1) is 7.27. The molecule has 0 bridgehead atoms. The lowest BCUT2D eigenvalue weighted by Crippen LogP contribution is -1.84. The summed E-state index contributed by atoms with van der Waals surface area (Å²) in [5.74, 6) is -1.71. The molecule has 0 atom stereocenters. The number of nitrogens with one attached hydrogen (secondary N) is 1. The van der Waals surface area contributed by atoms with Gasteiger partial charge in [-0.05, 0) is 24.3 Å². The molecular weight excluding hydrogens is 198 g/mol. The van der Waals surface area contributed by atoms with Gasteiger partial charge in [0.05, 0.1) is 16.6 Å². The van der Waals surface area contributed by atoms with Crippen molar-refractivity contribution >= 4 is 21.9 Å². The number of nitrogens with zero attached hydrogens (tertiary/aromatic N) is 1. The Kier molecular flexibility index (Phi) is 1.54. The van der Waals surface area contributed by atoms with Gasteiger partial charge in [0.25, 0.3) is 0 Å². The molecule has 1 aromatic carbocycles. The summed E-state index contributed by atoms with van der Waals surface area (Å²) < 4.78 is 26.4. The first-order valence-electron chi connectivity index (χ1n) is 4.48. The van der Waals surface area contributed by atoms with Crippen molar-refractivity contribution in [3.8, 4) is 0 Å². The number of fused-ring (bicyclic) bond motifs is 3. The fourth-order valence-electron chi connectivity index (χ4n) is 1.73. The molecule has 0 saturated heterocycles. The van der Waals surface area contributed by atoms with Crippen molar-refractivity contribution < 1.29 is 8.78 Å². The molecule has 0 fully saturated rings. The molecule has 2 heterocycles. The predicted octanol–water partition coefficient (Wildman–Crippen LogP) is 2.99. The first kappa shape index (κ1) is 8.35. The normalized spacial score (nSPS) is 11.3. The summed E-state index contributed by atoms with van der Waals surface area (Å²) in [6, 6.07) is 6.16. The van der Waals surface area contributed by atoms with Crippen molar-refractivity contribution in [3.63, 3.8) is 0 Å². The molecule has 74 valence electrons. The predicted molar refractivity (Wildman–Crippen MR) is 53.5 cm³/mol. The summed E-state index contributed by atoms with van der Waals surface area (Å²) in [5.41, 5.74) is 1.53. The van der Waals surface area contributed by atoms with Gasteiger partial charge in [-0.15, -0.1) is 0 Å². The molecule has 3 aromatic rings. The van der Waals surface area contributed by atoms with Crippen LogP contribution in [0.4, 0.5) is 8.78 Å². The molecule has 0 spiro atoms. The Morgan fingerprint density at radius 1 is 1.13 bits per heavy atom. The molecule has 0 amide bonds. The molecule has 15 heavy (non-hydrogen) atoms. The van der Waals surface area contributed by atoms with Crippen molar-refractivity contribution in [2.75, 3.05) is 0 Å². The summed E-state index contributed by atoms with van der Waals surface area (Å²) in [6.45, 7) is 0. The van der Waals surface area contributed by atoms with E-state index in [1.807, 2.05) is 0 Å². The topological polar surface area (TPSA) is 28.7 Å². The number of pyridine rings is 1. The average Bonchev–Trinajstić information content (AvgIpc) is 2.63. The van der Waals surface area contributed by atoms with E-state index in [9.17, 15) is 8.78 Å². The number of H-pyrrole nitrogens is 1. The number of aromatic nitrogens is 2. The fraction of sp³-hybridized carbons (Fsp3) is 0. The van der Waals surface area contributed by atoms with Crippen LogP contribution in [0.1, 0.15) is 0 Å². The number of hydrogen-bond acceptors (Lipinski definition) is 1. The molecule has 3 rings (SSSR count). The van der Waals surface area contributed by atoms with Gasteiger partial charge in [-0.1, -0.05) is 0 Å². The molecule has 1 N–H and O–H groups in total. The number of halogens is 2. The van der Waals surface area contributed by atoms with E-state index in [-0.39, 0.29) is 5.52 Å². The number of benzene rings is 1. The van der Waals surface area contributed by atoms with Crippen molar-refractivity contribution in [3.05, 3.63) is 42.1 Å². The minimum Gasteiger partial charge on any atom is -0.351 e. The van der Waals surface area contributed by atoms with Gasteiger partial charge in [-0.25, -0.2) is 8.78 Å². The third-order valence-electron chi connectivity index (χ3n) is 2.42. The van der Waals surface area contributed by atoms with Crippen LogP contribution < -0.4 is 0 Å². The Morgan fingerprint density at radius 2 is 2.00 bits per heavy atom. The zero-order valence-electron chi connectivity index (χ0n) is 7.59. The van der Waals surface area contributed by atoms with Gasteiger partial charge in [0, 0.05) is 11.6 Å². The summed E-state index contributed by atoms with van der Waals surface area (Å²) >= 11 is 0. The van der Waals surface area contributed by atoms with Crippen LogP contribution in [0.2, 0.25) is 0 Å². The highest BCUT2D eigenvalue weighted by molar-refractivity contribution is 6.04. The number of rotatable bonds is 0. The van der Waals surface area contributed by atoms with E-state index in [1.54, 1.807) is 18.3 Å². The van der Waals surface area contributed by atoms with Crippen LogP contribution in [0, 0.1) is 11.6 Å². The monoisotopic (exact) mass is 204 g/mol. The van der Waals surface area contributed by atoms with Gasteiger partial charge in [0.15, 0.2) is 11.6 Å². The Hall–Kier alpha value is -1.97. The van der Waals surface area contributed by atoms with E-state index < -0.39 is 11.6 Å². The maximum Gasteiger partial charge on any atom is 0.182 e. The minimum atomic E-state index is -0.856. The quantitative estimate of drug-likeness (QED) is 0.599. The molecule has 2 aromatic heterocycles. The second-order valence-electron chi connectivity index (χ2n) is 3.31. The zero-order chi connectivity index (χ0) is 10.4. The molecule has 0 radical (unpaired) electrons. The Balaban J connectivity index is 2.60. The van der Waals surface area contributed by atoms with Crippen molar-refractivity contribution in [1.29, 1.82) is 0 Å². The van der Waals surface area contributed by atoms with E-state index in [0.717, 1.165) is 6.07 Å². The minimum absolute atomic E-state index is 0.170. The van der Waals surface area contributed by atoms with Crippen LogP contribution in [-0.4, -0.2) is 9.97 Å². The average molecular weight is 204 g/mol. The van der Waals surface area contributed by atoms with Gasteiger partial charge < -0.3 is 4.98 Å². The SMILES string of the molecule is Fc1ccc2c([nH]c3cccnc32)c1F. The van der Waals surface area contributed by atoms with Gasteiger partial charge >= 0.3 is 0 Å². The van der Waals surface area contributed by atoms with E-state index in [1.165, 1.54) is 6.07 Å². The largest absolute Gasteiger partial charge is 0.351 e. The summed E-state index contributed by atoms with van der Waals surface area (Å²) in [5, 5.41) is 0.601. The van der Waals surface area contributed by atoms with Crippen LogP contribution >= 0.6 is 0 Å². The summed E-state index contributed by atoms with van der Waals surface area (Å²) in [7, 11) is 0. The van der Waals surface area contributed by atoms with Gasteiger partial charge in [0.1, 0.15) is 0 Å². The highest BCUT2D eigenvalue weighted by atomic mass is 19.2. The Morgan fingerprint density at radius 3 is 2.87 bits per heavy atom. The smallest absolute Gasteiger partial charge is 0.182 e. The van der Waals surface area contributed by atoms with Gasteiger partial charge in [0.2, 0.25) is 0 Å². The van der Waals surface area contributed by atoms with Crippen LogP contribution in [0.15, 0.2) is 30.5 Å². The molecule has 0 saturated carbocycles. The number of aromatic amines is 1. The molecular formula is C11H6F2N2. The van der Waals surface area contributed by atoms with E-state index in [2.05, 4.69) is 9.97 Å². The Bertz CT molecular complexity index is 658. The lowest BCUT2D eigenvalue weighted by Gasteiger charge is -1.93. The van der Waals surface area contributed by atoms with E-state index >= 15 is 0 Å². The fourth-order valence-corrected chi connectivity index (χ4v) is 1.73. The molecule has 0 aliphatic heterocycles. The molecule has 0 aliphatic rings. The van der Waals surface area contributed by atoms with Crippen LogP contribution in [0.25, 0.3) is 21.9 Å². The molecule has 4 heteroatoms. The Labute approximate surface area is 83.6 Å². The summed E-state index contributed by atoms with van der Waals surface area (Å²) in [6.07, 6.45) is 1.62. The zero-order valence-corrected chi connectivity index (χ0v) is 7.59. The van der Waals surface area contributed by atoms with Crippen molar-refractivity contribution in [2.45, 2.75) is 0 Å². The second kappa shape index (κ2) is 2.76. The molecule has 0 unspecified atom stereocenters. The lowest BCUT2D eigenvalue weighted by molar-refractivity contribution is 0.516. The van der Waals surface area contributed by atoms with Gasteiger partial charge in [-0.2, -0.15) is 0 Å². The molecule has 2 nitrogen and oxygen atoms in total. The third-order valence-corrected chi connectivity index (χ3v) is 2.42. The highest BCUT2D eigenvalue weighted by Gasteiger charge is 2.12. The van der Waals surface area contributed by atoms with Crippen LogP contribution in [0.3, 0.4) is 0 Å².